The van der Waals surface area contributed by atoms with Gasteiger partial charge in [-0.3, -0.25) is 0 Å². The lowest BCUT2D eigenvalue weighted by atomic mass is 9.77. The predicted octanol–water partition coefficient (Wildman–Crippen LogP) is 7.94. The van der Waals surface area contributed by atoms with Gasteiger partial charge in [0.1, 0.15) is 0 Å². The van der Waals surface area contributed by atoms with Crippen molar-refractivity contribution in [2.45, 2.75) is 31.1 Å². The van der Waals surface area contributed by atoms with Crippen molar-refractivity contribution in [1.29, 1.82) is 0 Å². The van der Waals surface area contributed by atoms with Crippen LogP contribution in [-0.4, -0.2) is 0 Å². The van der Waals surface area contributed by atoms with Crippen LogP contribution in [0.5, 0.6) is 0 Å². The van der Waals surface area contributed by atoms with Crippen molar-refractivity contribution in [3.63, 3.8) is 0 Å². The molecule has 6 rings (SSSR count). The summed E-state index contributed by atoms with van der Waals surface area (Å²) in [4.78, 5) is 0. The molecule has 1 heteroatoms. The van der Waals surface area contributed by atoms with Gasteiger partial charge in [0.25, 0.3) is 0 Å². The quantitative estimate of drug-likeness (QED) is 0.376. The Morgan fingerprint density at radius 3 is 2.07 bits per heavy atom. The Hall–Kier alpha value is -3.32. The Kier molecular flexibility index (Phi) is 4.02. The van der Waals surface area contributed by atoms with Gasteiger partial charge in [-0.25, -0.2) is 0 Å². The van der Waals surface area contributed by atoms with E-state index in [0.717, 1.165) is 5.69 Å². The van der Waals surface area contributed by atoms with Gasteiger partial charge in [-0.2, -0.15) is 0 Å². The third-order valence-electron chi connectivity index (χ3n) is 7.02. The van der Waals surface area contributed by atoms with Gasteiger partial charge in [-0.15, -0.1) is 0 Å². The first-order chi connectivity index (χ1) is 14.9. The van der Waals surface area contributed by atoms with E-state index in [9.17, 15) is 0 Å². The van der Waals surface area contributed by atoms with Crippen LogP contribution in [0.3, 0.4) is 0 Å². The molecule has 1 saturated carbocycles. The molecule has 0 unspecified atom stereocenters. The summed E-state index contributed by atoms with van der Waals surface area (Å²) in [5, 5.41) is 3.73. The molecule has 0 heterocycles. The van der Waals surface area contributed by atoms with Gasteiger partial charge in [0.05, 0.1) is 0 Å². The fourth-order valence-corrected chi connectivity index (χ4v) is 5.67. The first-order valence-corrected chi connectivity index (χ1v) is 11.0. The summed E-state index contributed by atoms with van der Waals surface area (Å²) >= 11 is 0. The van der Waals surface area contributed by atoms with Gasteiger partial charge in [-0.1, -0.05) is 91.7 Å². The third kappa shape index (κ3) is 2.62. The van der Waals surface area contributed by atoms with Crippen molar-refractivity contribution < 1.29 is 0 Å². The van der Waals surface area contributed by atoms with Crippen LogP contribution in [0.1, 0.15) is 36.8 Å². The maximum Gasteiger partial charge on any atom is 0.0463 e. The van der Waals surface area contributed by atoms with Gasteiger partial charge >= 0.3 is 0 Å². The zero-order chi connectivity index (χ0) is 20.0. The minimum Gasteiger partial charge on any atom is -0.355 e. The van der Waals surface area contributed by atoms with Gasteiger partial charge < -0.3 is 5.32 Å². The number of fused-ring (bicyclic) bond motifs is 5. The van der Waals surface area contributed by atoms with Crippen molar-refractivity contribution in [2.75, 3.05) is 5.32 Å². The summed E-state index contributed by atoms with van der Waals surface area (Å²) < 4.78 is 0. The van der Waals surface area contributed by atoms with Crippen LogP contribution in [0, 0.1) is 0 Å². The molecule has 2 aliphatic carbocycles. The molecule has 0 bridgehead atoms. The van der Waals surface area contributed by atoms with Crippen LogP contribution in [0.4, 0.5) is 11.4 Å². The standard InChI is InChI=1S/C29H25N/c1-2-10-21(11-3-1)23-12-5-7-15-28(23)30-22-16-17-25-24-13-4-6-14-26(24)29(27(25)20-22)18-8-9-19-29/h1-7,10-17,20,30H,8-9,18-19H2. The fraction of sp³-hybridized carbons (Fsp3) is 0.172. The molecule has 4 aromatic carbocycles. The molecule has 0 saturated heterocycles. The molecule has 4 aromatic rings. The highest BCUT2D eigenvalue weighted by Gasteiger charge is 2.44. The summed E-state index contributed by atoms with van der Waals surface area (Å²) in [5.41, 5.74) is 10.9. The number of anilines is 2. The minimum atomic E-state index is 0.211. The Labute approximate surface area is 178 Å². The number of nitrogens with one attached hydrogen (secondary N) is 1. The molecule has 0 atom stereocenters. The van der Waals surface area contributed by atoms with Crippen molar-refractivity contribution >= 4 is 11.4 Å². The van der Waals surface area contributed by atoms with Gasteiger partial charge in [0.2, 0.25) is 0 Å². The smallest absolute Gasteiger partial charge is 0.0463 e. The highest BCUT2D eigenvalue weighted by molar-refractivity contribution is 5.85. The first kappa shape index (κ1) is 17.5. The molecule has 2 aliphatic rings. The second kappa shape index (κ2) is 6.88. The minimum absolute atomic E-state index is 0.211. The van der Waals surface area contributed by atoms with Crippen LogP contribution in [-0.2, 0) is 5.41 Å². The molecule has 0 amide bonds. The maximum atomic E-state index is 3.73. The molecule has 1 fully saturated rings. The van der Waals surface area contributed by atoms with Crippen LogP contribution in [0.2, 0.25) is 0 Å². The van der Waals surface area contributed by atoms with Crippen molar-refractivity contribution in [2.24, 2.45) is 0 Å². The second-order valence-corrected chi connectivity index (χ2v) is 8.63. The SMILES string of the molecule is c1ccc(-c2ccccc2Nc2ccc3c(c2)C2(CCCC2)c2ccccc2-3)cc1. The molecule has 0 radical (unpaired) electrons. The summed E-state index contributed by atoms with van der Waals surface area (Å²) in [6.45, 7) is 0. The Balaban J connectivity index is 1.43. The molecule has 1 nitrogen and oxygen atoms in total. The first-order valence-electron chi connectivity index (χ1n) is 11.0. The Bertz CT molecular complexity index is 1220. The molecule has 146 valence electrons. The van der Waals surface area contributed by atoms with E-state index in [1.54, 1.807) is 5.56 Å². The highest BCUT2D eigenvalue weighted by Crippen LogP contribution is 2.57. The van der Waals surface area contributed by atoms with E-state index in [0.29, 0.717) is 0 Å². The monoisotopic (exact) mass is 387 g/mol. The average molecular weight is 388 g/mol. The molecule has 1 N–H and O–H groups in total. The van der Waals surface area contributed by atoms with Crippen LogP contribution >= 0.6 is 0 Å². The second-order valence-electron chi connectivity index (χ2n) is 8.63. The zero-order valence-electron chi connectivity index (χ0n) is 17.1. The van der Waals surface area contributed by atoms with E-state index < -0.39 is 0 Å². The largest absolute Gasteiger partial charge is 0.355 e. The van der Waals surface area contributed by atoms with Gasteiger partial charge in [-0.05, 0) is 58.9 Å². The van der Waals surface area contributed by atoms with E-state index in [2.05, 4.69) is 102 Å². The number of rotatable bonds is 3. The summed E-state index contributed by atoms with van der Waals surface area (Å²) in [6.07, 6.45) is 5.17. The Morgan fingerprint density at radius 1 is 0.567 bits per heavy atom. The lowest BCUT2D eigenvalue weighted by Crippen LogP contribution is -2.20. The van der Waals surface area contributed by atoms with Gasteiger partial charge in [0.15, 0.2) is 0 Å². The number of para-hydroxylation sites is 1. The van der Waals surface area contributed by atoms with Crippen molar-refractivity contribution in [1.82, 2.24) is 0 Å². The number of benzene rings is 4. The van der Waals surface area contributed by atoms with Crippen molar-refractivity contribution in [3.05, 3.63) is 108 Å². The van der Waals surface area contributed by atoms with E-state index in [1.165, 1.54) is 59.2 Å². The Morgan fingerprint density at radius 2 is 1.23 bits per heavy atom. The van der Waals surface area contributed by atoms with Crippen LogP contribution in [0.25, 0.3) is 22.3 Å². The van der Waals surface area contributed by atoms with Crippen molar-refractivity contribution in [3.8, 4) is 22.3 Å². The van der Waals surface area contributed by atoms with E-state index in [4.69, 9.17) is 0 Å². The zero-order valence-corrected chi connectivity index (χ0v) is 17.1. The lowest BCUT2D eigenvalue weighted by Gasteiger charge is -2.27. The topological polar surface area (TPSA) is 12.0 Å². The van der Waals surface area contributed by atoms with Crippen LogP contribution < -0.4 is 5.32 Å². The van der Waals surface area contributed by atoms with Gasteiger partial charge in [0, 0.05) is 22.4 Å². The molecule has 1 spiro atoms. The highest BCUT2D eigenvalue weighted by atomic mass is 14.9. The summed E-state index contributed by atoms with van der Waals surface area (Å²) in [7, 11) is 0. The number of hydrogen-bond acceptors (Lipinski definition) is 1. The average Bonchev–Trinajstić information content (AvgIpc) is 3.40. The number of hydrogen-bond donors (Lipinski definition) is 1. The third-order valence-corrected chi connectivity index (χ3v) is 7.02. The molecule has 0 aliphatic heterocycles. The van der Waals surface area contributed by atoms with E-state index in [-0.39, 0.29) is 5.41 Å². The molecule has 30 heavy (non-hydrogen) atoms. The fourth-order valence-electron chi connectivity index (χ4n) is 5.67. The summed E-state index contributed by atoms with van der Waals surface area (Å²) in [6, 6.07) is 35.2. The van der Waals surface area contributed by atoms with Crippen LogP contribution in [0.15, 0.2) is 97.1 Å². The molecular formula is C29H25N. The predicted molar refractivity (Wildman–Crippen MR) is 126 cm³/mol. The lowest BCUT2D eigenvalue weighted by molar-refractivity contribution is 0.550. The van der Waals surface area contributed by atoms with E-state index in [1.807, 2.05) is 0 Å². The normalized spacial score (nSPS) is 15.7. The maximum absolute atomic E-state index is 3.73. The summed E-state index contributed by atoms with van der Waals surface area (Å²) in [5.74, 6) is 0. The van der Waals surface area contributed by atoms with E-state index >= 15 is 0 Å². The molecule has 0 aromatic heterocycles. The molecular weight excluding hydrogens is 362 g/mol.